The number of hydrogen-bond donors (Lipinski definition) is 0. The van der Waals surface area contributed by atoms with Crippen LogP contribution in [0.1, 0.15) is 34.2 Å². The van der Waals surface area contributed by atoms with Gasteiger partial charge in [0.15, 0.2) is 5.78 Å². The summed E-state index contributed by atoms with van der Waals surface area (Å²) in [6.07, 6.45) is 6.89. The van der Waals surface area contributed by atoms with Crippen LogP contribution in [0.25, 0.3) is 6.08 Å². The zero-order valence-electron chi connectivity index (χ0n) is 11.7. The number of carbonyl (C=O) groups excluding carboxylic acids is 1. The molecule has 2 aromatic rings. The van der Waals surface area contributed by atoms with Crippen LogP contribution in [-0.4, -0.2) is 25.3 Å². The number of allylic oxidation sites excluding steroid dienone is 1. The van der Waals surface area contributed by atoms with Crippen molar-refractivity contribution < 1.29 is 4.79 Å². The summed E-state index contributed by atoms with van der Waals surface area (Å²) >= 11 is 0. The maximum absolute atomic E-state index is 12.1. The molecule has 0 radical (unpaired) electrons. The van der Waals surface area contributed by atoms with Crippen LogP contribution in [0.3, 0.4) is 0 Å². The van der Waals surface area contributed by atoms with Gasteiger partial charge in [-0.1, -0.05) is 0 Å². The normalized spacial score (nSPS) is 11.4. The Morgan fingerprint density at radius 1 is 1.42 bits per heavy atom. The summed E-state index contributed by atoms with van der Waals surface area (Å²) in [6.45, 7) is 6.60. The van der Waals surface area contributed by atoms with E-state index in [0.29, 0.717) is 5.56 Å². The Balaban J connectivity index is 2.21. The third-order valence-corrected chi connectivity index (χ3v) is 3.13. The van der Waals surface area contributed by atoms with E-state index in [2.05, 4.69) is 10.2 Å². The van der Waals surface area contributed by atoms with Gasteiger partial charge in [0.1, 0.15) is 0 Å². The summed E-state index contributed by atoms with van der Waals surface area (Å²) in [6, 6.07) is 0. The van der Waals surface area contributed by atoms with Gasteiger partial charge in [-0.2, -0.15) is 10.2 Å². The molecule has 100 valence electrons. The van der Waals surface area contributed by atoms with Gasteiger partial charge < -0.3 is 0 Å². The van der Waals surface area contributed by atoms with Crippen molar-refractivity contribution in [3.8, 4) is 0 Å². The first-order chi connectivity index (χ1) is 9.02. The van der Waals surface area contributed by atoms with Crippen LogP contribution in [0.5, 0.6) is 0 Å². The van der Waals surface area contributed by atoms with Gasteiger partial charge in [0.2, 0.25) is 0 Å². The van der Waals surface area contributed by atoms with Crippen molar-refractivity contribution in [2.24, 2.45) is 7.05 Å². The Morgan fingerprint density at radius 2 is 2.16 bits per heavy atom. The third-order valence-electron chi connectivity index (χ3n) is 3.13. The van der Waals surface area contributed by atoms with E-state index in [1.807, 2.05) is 38.7 Å². The molecule has 0 unspecified atom stereocenters. The lowest BCUT2D eigenvalue weighted by molar-refractivity contribution is 0.104. The maximum Gasteiger partial charge on any atom is 0.189 e. The largest absolute Gasteiger partial charge is 0.289 e. The second kappa shape index (κ2) is 5.22. The molecular weight excluding hydrogens is 240 g/mol. The van der Waals surface area contributed by atoms with E-state index in [4.69, 9.17) is 0 Å². The highest BCUT2D eigenvalue weighted by Gasteiger charge is 2.11. The SMILES string of the molecule is CCn1ncc(C(=O)/C=C/c2cn(C)nc2C)c1C. The molecule has 0 aromatic carbocycles. The first-order valence-electron chi connectivity index (χ1n) is 6.28. The van der Waals surface area contributed by atoms with E-state index in [1.165, 1.54) is 0 Å². The molecule has 0 bridgehead atoms. The molecule has 5 nitrogen and oxygen atoms in total. The summed E-state index contributed by atoms with van der Waals surface area (Å²) in [5, 5.41) is 8.41. The van der Waals surface area contributed by atoms with E-state index in [-0.39, 0.29) is 5.78 Å². The minimum Gasteiger partial charge on any atom is -0.289 e. The molecule has 2 aromatic heterocycles. The van der Waals surface area contributed by atoms with Gasteiger partial charge in [0.25, 0.3) is 0 Å². The summed E-state index contributed by atoms with van der Waals surface area (Å²) in [5.74, 6) is -0.0274. The van der Waals surface area contributed by atoms with Crippen molar-refractivity contribution in [1.82, 2.24) is 19.6 Å². The van der Waals surface area contributed by atoms with Crippen LogP contribution in [-0.2, 0) is 13.6 Å². The van der Waals surface area contributed by atoms with Crippen molar-refractivity contribution in [2.45, 2.75) is 27.3 Å². The molecule has 0 saturated carbocycles. The maximum atomic E-state index is 12.1. The molecular formula is C14H18N4O. The van der Waals surface area contributed by atoms with Gasteiger partial charge in [-0.3, -0.25) is 14.2 Å². The standard InChI is InChI=1S/C14H18N4O/c1-5-18-11(3)13(8-15-18)14(19)7-6-12-9-17(4)16-10(12)2/h6-9H,5H2,1-4H3/b7-6+. The van der Waals surface area contributed by atoms with Crippen molar-refractivity contribution >= 4 is 11.9 Å². The van der Waals surface area contributed by atoms with Crippen molar-refractivity contribution in [3.05, 3.63) is 41.0 Å². The fraction of sp³-hybridized carbons (Fsp3) is 0.357. The van der Waals surface area contributed by atoms with Crippen LogP contribution in [0.4, 0.5) is 0 Å². The van der Waals surface area contributed by atoms with E-state index in [1.54, 1.807) is 23.0 Å². The fourth-order valence-electron chi connectivity index (χ4n) is 2.04. The van der Waals surface area contributed by atoms with Gasteiger partial charge >= 0.3 is 0 Å². The van der Waals surface area contributed by atoms with Crippen LogP contribution >= 0.6 is 0 Å². The van der Waals surface area contributed by atoms with Crippen LogP contribution in [0, 0.1) is 13.8 Å². The molecule has 19 heavy (non-hydrogen) atoms. The number of hydrogen-bond acceptors (Lipinski definition) is 3. The molecule has 5 heteroatoms. The zero-order valence-corrected chi connectivity index (χ0v) is 11.7. The number of ketones is 1. The van der Waals surface area contributed by atoms with Gasteiger partial charge in [0, 0.05) is 31.0 Å². The second-order valence-electron chi connectivity index (χ2n) is 4.50. The Bertz CT molecular complexity index is 634. The third kappa shape index (κ3) is 2.65. The monoisotopic (exact) mass is 258 g/mol. The highest BCUT2D eigenvalue weighted by atomic mass is 16.1. The van der Waals surface area contributed by atoms with Gasteiger partial charge in [-0.05, 0) is 32.9 Å². The predicted molar refractivity (Wildman–Crippen MR) is 73.9 cm³/mol. The molecule has 0 atom stereocenters. The fourth-order valence-corrected chi connectivity index (χ4v) is 2.04. The Labute approximate surface area is 112 Å². The quantitative estimate of drug-likeness (QED) is 0.623. The Kier molecular flexibility index (Phi) is 3.64. The molecule has 2 rings (SSSR count). The summed E-state index contributed by atoms with van der Waals surface area (Å²) in [7, 11) is 1.86. The molecule has 0 aliphatic carbocycles. The van der Waals surface area contributed by atoms with E-state index in [0.717, 1.165) is 23.5 Å². The highest BCUT2D eigenvalue weighted by molar-refractivity contribution is 6.07. The van der Waals surface area contributed by atoms with E-state index >= 15 is 0 Å². The van der Waals surface area contributed by atoms with Crippen molar-refractivity contribution in [3.63, 3.8) is 0 Å². The lowest BCUT2D eigenvalue weighted by Gasteiger charge is -1.99. The summed E-state index contributed by atoms with van der Waals surface area (Å²) < 4.78 is 3.55. The summed E-state index contributed by atoms with van der Waals surface area (Å²) in [4.78, 5) is 12.1. The zero-order chi connectivity index (χ0) is 14.0. The molecule has 0 saturated heterocycles. The van der Waals surface area contributed by atoms with Gasteiger partial charge in [0.05, 0.1) is 17.5 Å². The topological polar surface area (TPSA) is 52.7 Å². The molecule has 0 fully saturated rings. The first kappa shape index (κ1) is 13.3. The van der Waals surface area contributed by atoms with Crippen LogP contribution in [0.15, 0.2) is 18.5 Å². The predicted octanol–water partition coefficient (Wildman–Crippen LogP) is 2.15. The second-order valence-corrected chi connectivity index (χ2v) is 4.50. The number of aryl methyl sites for hydroxylation is 3. The molecule has 2 heterocycles. The van der Waals surface area contributed by atoms with Crippen molar-refractivity contribution in [2.75, 3.05) is 0 Å². The molecule has 0 aliphatic rings. The lowest BCUT2D eigenvalue weighted by atomic mass is 10.1. The van der Waals surface area contributed by atoms with Crippen LogP contribution < -0.4 is 0 Å². The Hall–Kier alpha value is -2.17. The number of carbonyl (C=O) groups is 1. The van der Waals surface area contributed by atoms with Gasteiger partial charge in [-0.15, -0.1) is 0 Å². The van der Waals surface area contributed by atoms with Gasteiger partial charge in [-0.25, -0.2) is 0 Å². The van der Waals surface area contributed by atoms with Crippen molar-refractivity contribution in [1.29, 1.82) is 0 Å². The highest BCUT2D eigenvalue weighted by Crippen LogP contribution is 2.11. The lowest BCUT2D eigenvalue weighted by Crippen LogP contribution is -2.01. The molecule has 0 amide bonds. The summed E-state index contributed by atoms with van der Waals surface area (Å²) in [5.41, 5.74) is 3.42. The first-order valence-corrected chi connectivity index (χ1v) is 6.28. The molecule has 0 N–H and O–H groups in total. The number of nitrogens with zero attached hydrogens (tertiary/aromatic N) is 4. The molecule has 0 aliphatic heterocycles. The van der Waals surface area contributed by atoms with Crippen LogP contribution in [0.2, 0.25) is 0 Å². The number of rotatable bonds is 4. The smallest absolute Gasteiger partial charge is 0.189 e. The average molecular weight is 258 g/mol. The minimum absolute atomic E-state index is 0.0274. The molecule has 0 spiro atoms. The number of aromatic nitrogens is 4. The van der Waals surface area contributed by atoms with E-state index < -0.39 is 0 Å². The average Bonchev–Trinajstić information content (AvgIpc) is 2.89. The minimum atomic E-state index is -0.0274. The van der Waals surface area contributed by atoms with E-state index in [9.17, 15) is 4.79 Å². The Morgan fingerprint density at radius 3 is 2.68 bits per heavy atom.